The van der Waals surface area contributed by atoms with E-state index in [-0.39, 0.29) is 31.2 Å². The molecule has 170 valence electrons. The number of nitrogens with zero attached hydrogens (tertiary/aromatic N) is 1. The molecule has 2 amide bonds. The van der Waals surface area contributed by atoms with Crippen LogP contribution in [-0.4, -0.2) is 80.1 Å². The van der Waals surface area contributed by atoms with Crippen molar-refractivity contribution in [3.63, 3.8) is 0 Å². The van der Waals surface area contributed by atoms with Crippen molar-refractivity contribution in [3.05, 3.63) is 0 Å². The van der Waals surface area contributed by atoms with E-state index in [0.717, 1.165) is 37.2 Å². The van der Waals surface area contributed by atoms with Gasteiger partial charge < -0.3 is 24.5 Å². The van der Waals surface area contributed by atoms with Gasteiger partial charge in [-0.3, -0.25) is 9.59 Å². The topological polar surface area (TPSA) is 84.9 Å². The number of hydrogen-bond acceptors (Lipinski definition) is 7. The van der Waals surface area contributed by atoms with Crippen LogP contribution in [0.2, 0.25) is 0 Å². The number of hydrogen-bond donors (Lipinski definition) is 1. The van der Waals surface area contributed by atoms with E-state index in [0.29, 0.717) is 39.0 Å². The molecule has 1 saturated heterocycles. The highest BCUT2D eigenvalue weighted by atomic mass is 33.1. The normalized spacial score (nSPS) is 18.8. The SMILES string of the molecule is COC[C@@H]1CC(OC)CN1C(=O)CCCSSCCNC(=O)CCCCC(C)=O.[HH]. The summed E-state index contributed by atoms with van der Waals surface area (Å²) in [6, 6.07) is 0.116. The Balaban J connectivity index is 0.00000841. The molecule has 0 aromatic rings. The van der Waals surface area contributed by atoms with Crippen molar-refractivity contribution in [1.29, 1.82) is 0 Å². The first-order valence-corrected chi connectivity index (χ1v) is 12.8. The van der Waals surface area contributed by atoms with Crippen molar-refractivity contribution in [2.75, 3.05) is 45.4 Å². The van der Waals surface area contributed by atoms with Gasteiger partial charge >= 0.3 is 0 Å². The van der Waals surface area contributed by atoms with Crippen molar-refractivity contribution >= 4 is 39.2 Å². The molecular weight excluding hydrogens is 412 g/mol. The van der Waals surface area contributed by atoms with Gasteiger partial charge in [0.1, 0.15) is 5.78 Å². The first-order chi connectivity index (χ1) is 14.0. The third kappa shape index (κ3) is 11.9. The van der Waals surface area contributed by atoms with E-state index in [1.165, 1.54) is 0 Å². The molecule has 1 N–H and O–H groups in total. The molecule has 9 heteroatoms. The third-order valence-corrected chi connectivity index (χ3v) is 7.27. The molecule has 1 heterocycles. The second kappa shape index (κ2) is 16.0. The molecule has 0 aliphatic carbocycles. The summed E-state index contributed by atoms with van der Waals surface area (Å²) in [6.07, 6.45) is 4.90. The minimum atomic E-state index is 0. The van der Waals surface area contributed by atoms with Gasteiger partial charge in [0.05, 0.1) is 18.8 Å². The fraction of sp³-hybridized carbons (Fsp3) is 0.850. The van der Waals surface area contributed by atoms with Crippen molar-refractivity contribution in [2.45, 2.75) is 64.0 Å². The number of ketones is 1. The Morgan fingerprint density at radius 3 is 2.48 bits per heavy atom. The summed E-state index contributed by atoms with van der Waals surface area (Å²) in [7, 11) is 6.80. The summed E-state index contributed by atoms with van der Waals surface area (Å²) in [4.78, 5) is 36.9. The summed E-state index contributed by atoms with van der Waals surface area (Å²) in [5.41, 5.74) is 0. The maximum Gasteiger partial charge on any atom is 0.223 e. The standard InChI is InChI=1S/C20H36N2O5S2.H2/c1-16(23)7-4-5-8-19(24)21-10-12-29-28-11-6-9-20(25)22-14-18(27-3)13-17(22)15-26-2;/h17-18H,4-15H2,1-3H3,(H,21,24);1H/t17-,18?;/m0./s1. The minimum absolute atomic E-state index is 0. The largest absolute Gasteiger partial charge is 0.383 e. The zero-order chi connectivity index (χ0) is 21.5. The lowest BCUT2D eigenvalue weighted by Gasteiger charge is -2.23. The van der Waals surface area contributed by atoms with E-state index in [2.05, 4.69) is 5.32 Å². The highest BCUT2D eigenvalue weighted by Crippen LogP contribution is 2.24. The van der Waals surface area contributed by atoms with Gasteiger partial charge in [-0.05, 0) is 32.6 Å². The second-order valence-corrected chi connectivity index (χ2v) is 9.96. The minimum Gasteiger partial charge on any atom is -0.383 e. The summed E-state index contributed by atoms with van der Waals surface area (Å²) in [5.74, 6) is 2.15. The molecule has 0 bridgehead atoms. The Morgan fingerprint density at radius 1 is 1.07 bits per heavy atom. The Hall–Kier alpha value is -0.770. The third-order valence-electron chi connectivity index (χ3n) is 4.78. The average Bonchev–Trinajstić information content (AvgIpc) is 3.10. The summed E-state index contributed by atoms with van der Waals surface area (Å²) in [6.45, 7) is 3.43. The van der Waals surface area contributed by atoms with Gasteiger partial charge in [-0.1, -0.05) is 21.6 Å². The van der Waals surface area contributed by atoms with Gasteiger partial charge in [0.15, 0.2) is 0 Å². The maximum atomic E-state index is 12.5. The van der Waals surface area contributed by atoms with Crippen LogP contribution in [0.5, 0.6) is 0 Å². The van der Waals surface area contributed by atoms with Crippen LogP contribution >= 0.6 is 21.6 Å². The van der Waals surface area contributed by atoms with E-state index >= 15 is 0 Å². The lowest BCUT2D eigenvalue weighted by atomic mass is 10.1. The maximum absolute atomic E-state index is 12.5. The molecule has 1 aliphatic rings. The van der Waals surface area contributed by atoms with Gasteiger partial charge in [0, 0.05) is 59.5 Å². The molecule has 0 spiro atoms. The molecule has 1 rings (SSSR count). The molecule has 0 radical (unpaired) electrons. The van der Waals surface area contributed by atoms with Crippen molar-refractivity contribution in [3.8, 4) is 0 Å². The number of ether oxygens (including phenoxy) is 2. The smallest absolute Gasteiger partial charge is 0.223 e. The van der Waals surface area contributed by atoms with Crippen LogP contribution in [0.3, 0.4) is 0 Å². The Labute approximate surface area is 184 Å². The fourth-order valence-electron chi connectivity index (χ4n) is 3.22. The lowest BCUT2D eigenvalue weighted by molar-refractivity contribution is -0.133. The monoisotopic (exact) mass is 450 g/mol. The highest BCUT2D eigenvalue weighted by Gasteiger charge is 2.34. The van der Waals surface area contributed by atoms with E-state index in [9.17, 15) is 14.4 Å². The quantitative estimate of drug-likeness (QED) is 0.286. The van der Waals surface area contributed by atoms with E-state index in [1.807, 2.05) is 4.90 Å². The van der Waals surface area contributed by atoms with E-state index < -0.39 is 0 Å². The summed E-state index contributed by atoms with van der Waals surface area (Å²) in [5, 5.41) is 2.90. The van der Waals surface area contributed by atoms with Crippen LogP contribution in [0.25, 0.3) is 0 Å². The first kappa shape index (κ1) is 26.3. The summed E-state index contributed by atoms with van der Waals surface area (Å²) < 4.78 is 10.6. The molecule has 1 unspecified atom stereocenters. The van der Waals surface area contributed by atoms with Crippen LogP contribution in [-0.2, 0) is 23.9 Å². The van der Waals surface area contributed by atoms with Gasteiger partial charge in [0.2, 0.25) is 11.8 Å². The number of Topliss-reactive ketones (excluding diaryl/α,β-unsaturated/α-hetero) is 1. The molecule has 0 saturated carbocycles. The first-order valence-electron chi connectivity index (χ1n) is 10.3. The van der Waals surface area contributed by atoms with Crippen LogP contribution < -0.4 is 5.32 Å². The number of methoxy groups -OCH3 is 2. The molecular formula is C20H38N2O5S2. The number of carbonyl (C=O) groups excluding carboxylic acids is 3. The number of carbonyl (C=O) groups is 3. The van der Waals surface area contributed by atoms with Crippen LogP contribution in [0.4, 0.5) is 0 Å². The molecule has 1 aliphatic heterocycles. The highest BCUT2D eigenvalue weighted by molar-refractivity contribution is 8.76. The van der Waals surface area contributed by atoms with Gasteiger partial charge in [-0.15, -0.1) is 0 Å². The fourth-order valence-corrected chi connectivity index (χ4v) is 5.22. The Kier molecular flexibility index (Phi) is 14.5. The number of nitrogens with one attached hydrogen (secondary N) is 1. The van der Waals surface area contributed by atoms with E-state index in [4.69, 9.17) is 9.47 Å². The number of unbranched alkanes of at least 4 members (excludes halogenated alkanes) is 1. The van der Waals surface area contributed by atoms with Gasteiger partial charge in [-0.2, -0.15) is 0 Å². The molecule has 1 fully saturated rings. The molecule has 2 atom stereocenters. The van der Waals surface area contributed by atoms with Crippen LogP contribution in [0, 0.1) is 0 Å². The van der Waals surface area contributed by atoms with Crippen LogP contribution in [0.15, 0.2) is 0 Å². The van der Waals surface area contributed by atoms with Gasteiger partial charge in [0.25, 0.3) is 0 Å². The zero-order valence-corrected chi connectivity index (χ0v) is 19.6. The molecule has 0 aromatic heterocycles. The predicted octanol–water partition coefficient (Wildman–Crippen LogP) is 2.92. The van der Waals surface area contributed by atoms with Gasteiger partial charge in [-0.25, -0.2) is 0 Å². The van der Waals surface area contributed by atoms with Crippen molar-refractivity contribution in [1.82, 2.24) is 10.2 Å². The number of amides is 2. The Morgan fingerprint density at radius 2 is 1.79 bits per heavy atom. The van der Waals surface area contributed by atoms with Crippen molar-refractivity contribution in [2.24, 2.45) is 0 Å². The lowest BCUT2D eigenvalue weighted by Crippen LogP contribution is -2.38. The van der Waals surface area contributed by atoms with E-state index in [1.54, 1.807) is 42.7 Å². The van der Waals surface area contributed by atoms with Crippen molar-refractivity contribution < 1.29 is 25.3 Å². The Bertz CT molecular complexity index is 514. The molecule has 7 nitrogen and oxygen atoms in total. The summed E-state index contributed by atoms with van der Waals surface area (Å²) >= 11 is 0. The molecule has 29 heavy (non-hydrogen) atoms. The number of rotatable bonds is 16. The zero-order valence-electron chi connectivity index (χ0n) is 17.9. The van der Waals surface area contributed by atoms with Crippen LogP contribution in [0.1, 0.15) is 53.3 Å². The molecule has 0 aromatic carbocycles. The predicted molar refractivity (Wildman–Crippen MR) is 121 cm³/mol. The second-order valence-electron chi connectivity index (χ2n) is 7.26. The number of likely N-dealkylation sites (tertiary alicyclic amines) is 1. The average molecular weight is 451 g/mol.